The number of pyridine rings is 1. The molecule has 0 aliphatic carbocycles. The van der Waals surface area contributed by atoms with Crippen LogP contribution < -0.4 is 10.1 Å². The Balaban J connectivity index is 1.79. The minimum Gasteiger partial charge on any atom is -0.491 e. The van der Waals surface area contributed by atoms with Gasteiger partial charge in [0.25, 0.3) is 0 Å². The van der Waals surface area contributed by atoms with E-state index in [0.717, 1.165) is 36.4 Å². The molecule has 6 nitrogen and oxygen atoms in total. The quantitative estimate of drug-likeness (QED) is 0.590. The Bertz CT molecular complexity index is 928. The summed E-state index contributed by atoms with van der Waals surface area (Å²) >= 11 is 6.18. The van der Waals surface area contributed by atoms with Crippen molar-refractivity contribution in [3.8, 4) is 17.9 Å². The summed E-state index contributed by atoms with van der Waals surface area (Å²) in [5, 5.41) is 21.5. The molecule has 0 unspecified atom stereocenters. The molecule has 144 valence electrons. The number of hydrogen-bond acceptors (Lipinski definition) is 6. The molecule has 0 amide bonds. The maximum atomic E-state index is 9.46. The van der Waals surface area contributed by atoms with Crippen molar-refractivity contribution in [3.05, 3.63) is 51.7 Å². The number of nitriles is 2. The van der Waals surface area contributed by atoms with Crippen LogP contribution >= 0.6 is 11.6 Å². The Morgan fingerprint density at radius 1 is 1.25 bits per heavy atom. The van der Waals surface area contributed by atoms with E-state index in [4.69, 9.17) is 21.6 Å². The summed E-state index contributed by atoms with van der Waals surface area (Å²) < 4.78 is 5.70. The van der Waals surface area contributed by atoms with Gasteiger partial charge in [-0.1, -0.05) is 23.7 Å². The maximum Gasteiger partial charge on any atom is 0.149 e. The molecule has 2 heterocycles. The van der Waals surface area contributed by atoms with Gasteiger partial charge in [0.2, 0.25) is 0 Å². The van der Waals surface area contributed by atoms with E-state index in [9.17, 15) is 5.26 Å². The van der Waals surface area contributed by atoms with Gasteiger partial charge in [-0.25, -0.2) is 4.98 Å². The minimum absolute atomic E-state index is 0.138. The molecule has 1 aliphatic rings. The van der Waals surface area contributed by atoms with Crippen LogP contribution in [0.5, 0.6) is 5.75 Å². The van der Waals surface area contributed by atoms with Gasteiger partial charge >= 0.3 is 0 Å². The third kappa shape index (κ3) is 4.54. The molecule has 0 bridgehead atoms. The van der Waals surface area contributed by atoms with Crippen LogP contribution in [0.25, 0.3) is 0 Å². The lowest BCUT2D eigenvalue weighted by Gasteiger charge is -2.30. The van der Waals surface area contributed by atoms with E-state index in [0.29, 0.717) is 17.9 Å². The van der Waals surface area contributed by atoms with E-state index < -0.39 is 0 Å². The summed E-state index contributed by atoms with van der Waals surface area (Å²) in [4.78, 5) is 6.61. The van der Waals surface area contributed by atoms with Crippen LogP contribution in [0.1, 0.15) is 36.1 Å². The topological polar surface area (TPSA) is 85.0 Å². The molecule has 0 atom stereocenters. The highest BCUT2D eigenvalue weighted by molar-refractivity contribution is 6.30. The Morgan fingerprint density at radius 2 is 2.00 bits per heavy atom. The molecule has 2 aromatic rings. The Kier molecular flexibility index (Phi) is 6.36. The van der Waals surface area contributed by atoms with Crippen molar-refractivity contribution >= 4 is 17.4 Å². The van der Waals surface area contributed by atoms with Crippen molar-refractivity contribution in [3.63, 3.8) is 0 Å². The van der Waals surface area contributed by atoms with Crippen molar-refractivity contribution in [2.45, 2.75) is 39.5 Å². The first-order valence-electron chi connectivity index (χ1n) is 9.22. The number of benzene rings is 1. The molecule has 1 aromatic carbocycles. The Hall–Kier alpha value is -2.80. The second-order valence-electron chi connectivity index (χ2n) is 6.98. The van der Waals surface area contributed by atoms with Gasteiger partial charge in [-0.05, 0) is 43.5 Å². The van der Waals surface area contributed by atoms with E-state index in [1.807, 2.05) is 26.0 Å². The predicted octanol–water partition coefficient (Wildman–Crippen LogP) is 3.89. The number of anilines is 1. The van der Waals surface area contributed by atoms with Gasteiger partial charge < -0.3 is 10.1 Å². The standard InChI is InChI=1S/C21H22ClN5O/c1-14(2)28-16-5-3-15(4-6-16)12-27-10-7-17-18(11-24)20(22)26-21(19(17)13-27)25-9-8-23/h3-6,14H,7,9-10,12-13H2,1-2H3,(H,25,26). The normalized spacial score (nSPS) is 13.5. The number of nitrogens with zero attached hydrogens (tertiary/aromatic N) is 4. The van der Waals surface area contributed by atoms with Crippen LogP contribution in [-0.4, -0.2) is 29.1 Å². The number of aromatic nitrogens is 1. The molecule has 28 heavy (non-hydrogen) atoms. The number of hydrogen-bond donors (Lipinski definition) is 1. The summed E-state index contributed by atoms with van der Waals surface area (Å²) in [6.07, 6.45) is 0.869. The van der Waals surface area contributed by atoms with Gasteiger partial charge in [0, 0.05) is 25.2 Å². The average molecular weight is 396 g/mol. The Morgan fingerprint density at radius 3 is 2.64 bits per heavy atom. The minimum atomic E-state index is 0.138. The lowest BCUT2D eigenvalue weighted by atomic mass is 9.96. The largest absolute Gasteiger partial charge is 0.491 e. The molecule has 1 aromatic heterocycles. The van der Waals surface area contributed by atoms with Crippen LogP contribution in [0, 0.1) is 22.7 Å². The lowest BCUT2D eigenvalue weighted by Crippen LogP contribution is -2.31. The fourth-order valence-electron chi connectivity index (χ4n) is 3.38. The van der Waals surface area contributed by atoms with Gasteiger partial charge in [0.05, 0.1) is 17.7 Å². The van der Waals surface area contributed by atoms with Crippen molar-refractivity contribution in [2.24, 2.45) is 0 Å². The van der Waals surface area contributed by atoms with E-state index in [1.165, 1.54) is 5.56 Å². The number of halogens is 1. The number of nitrogens with one attached hydrogen (secondary N) is 1. The van der Waals surface area contributed by atoms with Crippen LogP contribution in [-0.2, 0) is 19.5 Å². The molecule has 7 heteroatoms. The van der Waals surface area contributed by atoms with Crippen molar-refractivity contribution in [1.82, 2.24) is 9.88 Å². The smallest absolute Gasteiger partial charge is 0.149 e. The summed E-state index contributed by atoms with van der Waals surface area (Å²) in [6.45, 7) is 6.40. The fraction of sp³-hybridized carbons (Fsp3) is 0.381. The zero-order valence-corrected chi connectivity index (χ0v) is 16.8. The zero-order valence-electron chi connectivity index (χ0n) is 16.0. The molecule has 1 N–H and O–H groups in total. The molecular formula is C21H22ClN5O. The van der Waals surface area contributed by atoms with Crippen LogP contribution in [0.15, 0.2) is 24.3 Å². The number of fused-ring (bicyclic) bond motifs is 1. The molecule has 0 fully saturated rings. The summed E-state index contributed by atoms with van der Waals surface area (Å²) in [5.41, 5.74) is 3.50. The predicted molar refractivity (Wildman–Crippen MR) is 108 cm³/mol. The monoisotopic (exact) mass is 395 g/mol. The van der Waals surface area contributed by atoms with E-state index in [2.05, 4.69) is 39.5 Å². The van der Waals surface area contributed by atoms with Crippen LogP contribution in [0.4, 0.5) is 5.82 Å². The number of ether oxygens (including phenoxy) is 1. The second-order valence-corrected chi connectivity index (χ2v) is 7.34. The summed E-state index contributed by atoms with van der Waals surface area (Å²) in [6, 6.07) is 12.4. The zero-order chi connectivity index (χ0) is 20.1. The molecule has 0 saturated heterocycles. The second kappa shape index (κ2) is 8.93. The maximum absolute atomic E-state index is 9.46. The average Bonchev–Trinajstić information content (AvgIpc) is 2.67. The Labute approximate surface area is 170 Å². The van der Waals surface area contributed by atoms with Gasteiger partial charge in [-0.2, -0.15) is 10.5 Å². The lowest BCUT2D eigenvalue weighted by molar-refractivity contribution is 0.240. The highest BCUT2D eigenvalue weighted by atomic mass is 35.5. The van der Waals surface area contributed by atoms with Crippen LogP contribution in [0.3, 0.4) is 0 Å². The SMILES string of the molecule is CC(C)Oc1ccc(CN2CCc3c(C#N)c(Cl)nc(NCC#N)c3C2)cc1. The van der Waals surface area contributed by atoms with Gasteiger partial charge in [-0.3, -0.25) is 4.90 Å². The first kappa shape index (κ1) is 19.9. The van der Waals surface area contributed by atoms with E-state index in [-0.39, 0.29) is 17.8 Å². The summed E-state index contributed by atoms with van der Waals surface area (Å²) in [5.74, 6) is 1.45. The van der Waals surface area contributed by atoms with Crippen molar-refractivity contribution in [2.75, 3.05) is 18.4 Å². The molecular weight excluding hydrogens is 374 g/mol. The fourth-order valence-corrected chi connectivity index (χ4v) is 3.62. The highest BCUT2D eigenvalue weighted by Gasteiger charge is 2.25. The van der Waals surface area contributed by atoms with Crippen LogP contribution in [0.2, 0.25) is 5.15 Å². The molecule has 0 radical (unpaired) electrons. The van der Waals surface area contributed by atoms with Gasteiger partial charge in [0.1, 0.15) is 29.3 Å². The first-order valence-corrected chi connectivity index (χ1v) is 9.59. The molecule has 3 rings (SSSR count). The summed E-state index contributed by atoms with van der Waals surface area (Å²) in [7, 11) is 0. The first-order chi connectivity index (χ1) is 13.5. The third-order valence-corrected chi connectivity index (χ3v) is 4.85. The van der Waals surface area contributed by atoms with E-state index in [1.54, 1.807) is 0 Å². The van der Waals surface area contributed by atoms with Crippen molar-refractivity contribution < 1.29 is 4.74 Å². The number of rotatable bonds is 6. The highest BCUT2D eigenvalue weighted by Crippen LogP contribution is 2.32. The third-order valence-electron chi connectivity index (χ3n) is 4.58. The molecule has 0 saturated carbocycles. The van der Waals surface area contributed by atoms with E-state index >= 15 is 0 Å². The van der Waals surface area contributed by atoms with Crippen molar-refractivity contribution in [1.29, 1.82) is 10.5 Å². The van der Waals surface area contributed by atoms with Gasteiger partial charge in [0.15, 0.2) is 0 Å². The van der Waals surface area contributed by atoms with Gasteiger partial charge in [-0.15, -0.1) is 0 Å². The molecule has 1 aliphatic heterocycles. The molecule has 0 spiro atoms.